The first kappa shape index (κ1) is 30.6. The van der Waals surface area contributed by atoms with Gasteiger partial charge in [-0.1, -0.05) is 121 Å². The van der Waals surface area contributed by atoms with Gasteiger partial charge >= 0.3 is 0 Å². The monoisotopic (exact) mass is 700 g/mol. The Kier molecular flexibility index (Phi) is 7.56. The van der Waals surface area contributed by atoms with Gasteiger partial charge in [0.05, 0.1) is 22.7 Å². The highest BCUT2D eigenvalue weighted by atomic mass is 32.1. The van der Waals surface area contributed by atoms with E-state index in [9.17, 15) is 0 Å². The van der Waals surface area contributed by atoms with Gasteiger partial charge in [0.2, 0.25) is 0 Å². The molecule has 0 radical (unpaired) electrons. The molecule has 10 rings (SSSR count). The molecule has 52 heavy (non-hydrogen) atoms. The molecule has 0 saturated carbocycles. The van der Waals surface area contributed by atoms with Crippen LogP contribution in [0, 0.1) is 0 Å². The molecule has 0 bridgehead atoms. The van der Waals surface area contributed by atoms with Crippen molar-refractivity contribution in [3.8, 4) is 11.1 Å². The lowest BCUT2D eigenvalue weighted by molar-refractivity contribution is 1.28. The molecule has 4 heteroatoms. The SMILES string of the molecule is c1ccc(N(c2ccccc2-c2ccccc2N(c2ccccc2)c2cccc3sc4ccccc4c23)c2cccc3sc4ccccc4c23)cc1. The average molecular weight is 701 g/mol. The van der Waals surface area contributed by atoms with Crippen molar-refractivity contribution >= 4 is 97.1 Å². The number of hydrogen-bond acceptors (Lipinski definition) is 4. The van der Waals surface area contributed by atoms with Crippen LogP contribution in [0.3, 0.4) is 0 Å². The van der Waals surface area contributed by atoms with Gasteiger partial charge in [0.1, 0.15) is 0 Å². The number of thiophene rings is 2. The zero-order valence-corrected chi connectivity index (χ0v) is 29.8. The van der Waals surface area contributed by atoms with Crippen LogP contribution >= 0.6 is 22.7 Å². The Morgan fingerprint density at radius 2 is 0.615 bits per heavy atom. The zero-order valence-electron chi connectivity index (χ0n) is 28.2. The first-order valence-electron chi connectivity index (χ1n) is 17.5. The molecular formula is C48H32N2S2. The van der Waals surface area contributed by atoms with Gasteiger partial charge in [0, 0.05) is 62.8 Å². The number of benzene rings is 8. The van der Waals surface area contributed by atoms with E-state index in [1.807, 2.05) is 22.7 Å². The highest BCUT2D eigenvalue weighted by Gasteiger charge is 2.25. The van der Waals surface area contributed by atoms with Gasteiger partial charge in [0.15, 0.2) is 0 Å². The van der Waals surface area contributed by atoms with Crippen LogP contribution in [0.2, 0.25) is 0 Å². The van der Waals surface area contributed by atoms with E-state index in [-0.39, 0.29) is 0 Å². The molecule has 0 fully saturated rings. The molecule has 0 spiro atoms. The maximum absolute atomic E-state index is 2.45. The fraction of sp³-hybridized carbons (Fsp3) is 0. The normalized spacial score (nSPS) is 11.5. The zero-order chi connectivity index (χ0) is 34.4. The van der Waals surface area contributed by atoms with Crippen molar-refractivity contribution in [1.82, 2.24) is 0 Å². The largest absolute Gasteiger partial charge is 0.309 e. The maximum Gasteiger partial charge on any atom is 0.0555 e. The molecule has 2 aromatic heterocycles. The van der Waals surface area contributed by atoms with E-state index in [4.69, 9.17) is 0 Å². The van der Waals surface area contributed by atoms with Crippen molar-refractivity contribution in [2.75, 3.05) is 9.80 Å². The Balaban J connectivity index is 1.24. The van der Waals surface area contributed by atoms with Crippen molar-refractivity contribution in [3.63, 3.8) is 0 Å². The lowest BCUT2D eigenvalue weighted by Gasteiger charge is -2.31. The number of rotatable bonds is 7. The van der Waals surface area contributed by atoms with Crippen molar-refractivity contribution in [1.29, 1.82) is 0 Å². The Bertz CT molecular complexity index is 2670. The first-order valence-corrected chi connectivity index (χ1v) is 19.2. The van der Waals surface area contributed by atoms with E-state index >= 15 is 0 Å². The standard InChI is InChI=1S/C48H32N2S2/c1-3-17-33(18-4-1)49(41-27-15-31-45-47(41)37-23-9-13-29-43(37)51-45)39-25-11-7-21-35(39)36-22-8-12-26-40(36)50(34-19-5-2-6-20-34)42-28-16-32-46-48(42)38-24-10-14-30-44(38)52-46/h1-32H. The summed E-state index contributed by atoms with van der Waals surface area (Å²) in [5, 5.41) is 5.11. The fourth-order valence-electron chi connectivity index (χ4n) is 7.65. The lowest BCUT2D eigenvalue weighted by atomic mass is 9.97. The van der Waals surface area contributed by atoms with Crippen LogP contribution in [-0.4, -0.2) is 0 Å². The molecular weight excluding hydrogens is 669 g/mol. The highest BCUT2D eigenvalue weighted by Crippen LogP contribution is 2.51. The van der Waals surface area contributed by atoms with Crippen molar-refractivity contribution < 1.29 is 0 Å². The molecule has 0 aliphatic rings. The molecule has 2 nitrogen and oxygen atoms in total. The van der Waals surface area contributed by atoms with Crippen LogP contribution in [0.4, 0.5) is 34.1 Å². The lowest BCUT2D eigenvalue weighted by Crippen LogP contribution is -2.14. The van der Waals surface area contributed by atoms with Crippen LogP contribution in [0.5, 0.6) is 0 Å². The van der Waals surface area contributed by atoms with Crippen molar-refractivity contribution in [2.24, 2.45) is 0 Å². The minimum Gasteiger partial charge on any atom is -0.309 e. The molecule has 0 aliphatic carbocycles. The summed E-state index contributed by atoms with van der Waals surface area (Å²) in [5.74, 6) is 0. The average Bonchev–Trinajstić information content (AvgIpc) is 3.79. The predicted molar refractivity (Wildman–Crippen MR) is 227 cm³/mol. The quantitative estimate of drug-likeness (QED) is 0.163. The van der Waals surface area contributed by atoms with Crippen LogP contribution in [0.1, 0.15) is 0 Å². The molecule has 0 aliphatic heterocycles. The molecule has 8 aromatic carbocycles. The second-order valence-electron chi connectivity index (χ2n) is 12.9. The second-order valence-corrected chi connectivity index (χ2v) is 15.0. The minimum atomic E-state index is 1.12. The van der Waals surface area contributed by atoms with Crippen LogP contribution in [0.25, 0.3) is 51.5 Å². The summed E-state index contributed by atoms with van der Waals surface area (Å²) in [4.78, 5) is 4.90. The summed E-state index contributed by atoms with van der Waals surface area (Å²) >= 11 is 3.71. The minimum absolute atomic E-state index is 1.12. The molecule has 0 atom stereocenters. The van der Waals surface area contributed by atoms with E-state index in [2.05, 4.69) is 204 Å². The van der Waals surface area contributed by atoms with Crippen LogP contribution < -0.4 is 9.80 Å². The Hall–Kier alpha value is -6.20. The van der Waals surface area contributed by atoms with E-state index in [0.717, 1.165) is 33.9 Å². The molecule has 0 unspecified atom stereocenters. The van der Waals surface area contributed by atoms with Gasteiger partial charge in [-0.2, -0.15) is 0 Å². The summed E-state index contributed by atoms with van der Waals surface area (Å²) in [6.45, 7) is 0. The second kappa shape index (κ2) is 12.8. The van der Waals surface area contributed by atoms with Gasteiger partial charge in [-0.25, -0.2) is 0 Å². The molecule has 2 heterocycles. The van der Waals surface area contributed by atoms with Crippen molar-refractivity contribution in [3.05, 3.63) is 194 Å². The van der Waals surface area contributed by atoms with Gasteiger partial charge in [-0.15, -0.1) is 22.7 Å². The van der Waals surface area contributed by atoms with Crippen molar-refractivity contribution in [2.45, 2.75) is 0 Å². The summed E-state index contributed by atoms with van der Waals surface area (Å²) in [6.07, 6.45) is 0. The maximum atomic E-state index is 2.45. The third kappa shape index (κ3) is 5.07. The smallest absolute Gasteiger partial charge is 0.0555 e. The topological polar surface area (TPSA) is 6.48 Å². The number of nitrogens with zero attached hydrogens (tertiary/aromatic N) is 2. The van der Waals surface area contributed by atoms with E-state index in [0.29, 0.717) is 0 Å². The molecule has 0 saturated heterocycles. The Morgan fingerprint density at radius 3 is 1.08 bits per heavy atom. The Labute approximate surface area is 310 Å². The summed E-state index contributed by atoms with van der Waals surface area (Å²) in [7, 11) is 0. The predicted octanol–water partition coefficient (Wildman–Crippen LogP) is 15.0. The number of para-hydroxylation sites is 4. The number of hydrogen-bond donors (Lipinski definition) is 0. The summed E-state index contributed by atoms with van der Waals surface area (Å²) in [6, 6.07) is 70.3. The summed E-state index contributed by atoms with van der Waals surface area (Å²) in [5.41, 5.74) is 9.12. The van der Waals surface area contributed by atoms with Crippen LogP contribution in [-0.2, 0) is 0 Å². The third-order valence-electron chi connectivity index (χ3n) is 9.85. The highest BCUT2D eigenvalue weighted by molar-refractivity contribution is 7.26. The summed E-state index contributed by atoms with van der Waals surface area (Å²) < 4.78 is 5.16. The van der Waals surface area contributed by atoms with E-state index in [1.165, 1.54) is 51.7 Å². The van der Waals surface area contributed by atoms with Gasteiger partial charge < -0.3 is 9.80 Å². The van der Waals surface area contributed by atoms with Gasteiger partial charge in [-0.05, 0) is 72.8 Å². The van der Waals surface area contributed by atoms with Gasteiger partial charge in [-0.3, -0.25) is 0 Å². The van der Waals surface area contributed by atoms with Crippen LogP contribution in [0.15, 0.2) is 194 Å². The molecule has 0 N–H and O–H groups in total. The van der Waals surface area contributed by atoms with E-state index < -0.39 is 0 Å². The molecule has 10 aromatic rings. The third-order valence-corrected chi connectivity index (χ3v) is 12.1. The number of anilines is 6. The molecule has 0 amide bonds. The van der Waals surface area contributed by atoms with Gasteiger partial charge in [0.25, 0.3) is 0 Å². The molecule has 246 valence electrons. The first-order chi connectivity index (χ1) is 25.8. The fourth-order valence-corrected chi connectivity index (χ4v) is 9.90. The number of fused-ring (bicyclic) bond motifs is 6. The van der Waals surface area contributed by atoms with E-state index in [1.54, 1.807) is 0 Å². The Morgan fingerprint density at radius 1 is 0.269 bits per heavy atom.